The lowest BCUT2D eigenvalue weighted by Crippen LogP contribution is -2.21. The zero-order chi connectivity index (χ0) is 14.7. The number of halogens is 2. The van der Waals surface area contributed by atoms with Crippen LogP contribution >= 0.6 is 11.6 Å². The van der Waals surface area contributed by atoms with Crippen molar-refractivity contribution in [1.29, 1.82) is 0 Å². The zero-order valence-corrected chi connectivity index (χ0v) is 11.9. The maximum absolute atomic E-state index is 13.9. The fraction of sp³-hybridized carbons (Fsp3) is 0.250. The Morgan fingerprint density at radius 2 is 1.95 bits per heavy atom. The molecule has 2 rings (SSSR count). The van der Waals surface area contributed by atoms with Crippen molar-refractivity contribution >= 4 is 11.6 Å². The van der Waals surface area contributed by atoms with Crippen molar-refractivity contribution in [3.8, 4) is 0 Å². The second-order valence-electron chi connectivity index (χ2n) is 4.84. The van der Waals surface area contributed by atoms with Crippen LogP contribution in [0.4, 0.5) is 4.39 Å². The first-order chi connectivity index (χ1) is 9.54. The van der Waals surface area contributed by atoms with Crippen molar-refractivity contribution in [3.63, 3.8) is 0 Å². The van der Waals surface area contributed by atoms with Gasteiger partial charge in [-0.15, -0.1) is 0 Å². The van der Waals surface area contributed by atoms with Gasteiger partial charge in [0.25, 0.3) is 0 Å². The van der Waals surface area contributed by atoms with Crippen LogP contribution in [0.3, 0.4) is 0 Å². The summed E-state index contributed by atoms with van der Waals surface area (Å²) < 4.78 is 13.9. The molecule has 106 valence electrons. The number of nitrogens with two attached hydrogens (primary N) is 1. The molecule has 0 bridgehead atoms. The van der Waals surface area contributed by atoms with E-state index in [9.17, 15) is 9.50 Å². The van der Waals surface area contributed by atoms with E-state index in [0.717, 1.165) is 11.1 Å². The number of benzene rings is 2. The molecule has 3 N–H and O–H groups in total. The van der Waals surface area contributed by atoms with Gasteiger partial charge in [-0.2, -0.15) is 0 Å². The molecule has 0 aromatic heterocycles. The van der Waals surface area contributed by atoms with Crippen molar-refractivity contribution in [1.82, 2.24) is 0 Å². The largest absolute Gasteiger partial charge is 0.388 e. The van der Waals surface area contributed by atoms with Gasteiger partial charge >= 0.3 is 0 Å². The van der Waals surface area contributed by atoms with Crippen LogP contribution in [-0.4, -0.2) is 11.7 Å². The standard InChI is InChI=1S/C16H17ClFNO/c1-10-4-2-5-11(8-10)12(9-19)16(20)15-13(17)6-3-7-14(15)18/h2-8,12,16,20H,9,19H2,1H3. The molecule has 2 atom stereocenters. The van der Waals surface area contributed by atoms with Crippen molar-refractivity contribution in [2.24, 2.45) is 5.73 Å². The minimum absolute atomic E-state index is 0.103. The van der Waals surface area contributed by atoms with Gasteiger partial charge in [-0.3, -0.25) is 0 Å². The van der Waals surface area contributed by atoms with Gasteiger partial charge < -0.3 is 10.8 Å². The highest BCUT2D eigenvalue weighted by molar-refractivity contribution is 6.31. The molecule has 2 aromatic rings. The van der Waals surface area contributed by atoms with Gasteiger partial charge in [0.05, 0.1) is 6.10 Å². The minimum Gasteiger partial charge on any atom is -0.388 e. The van der Waals surface area contributed by atoms with Gasteiger partial charge in [-0.1, -0.05) is 47.5 Å². The molecular formula is C16H17ClFNO. The van der Waals surface area contributed by atoms with E-state index in [1.165, 1.54) is 12.1 Å². The summed E-state index contributed by atoms with van der Waals surface area (Å²) in [4.78, 5) is 0. The quantitative estimate of drug-likeness (QED) is 0.905. The molecule has 0 amide bonds. The predicted molar refractivity (Wildman–Crippen MR) is 79.3 cm³/mol. The van der Waals surface area contributed by atoms with Crippen molar-refractivity contribution in [3.05, 3.63) is 70.0 Å². The second kappa shape index (κ2) is 6.35. The SMILES string of the molecule is Cc1cccc(C(CN)C(O)c2c(F)cccc2Cl)c1. The first kappa shape index (κ1) is 15.0. The Hall–Kier alpha value is -1.42. The number of rotatable bonds is 4. The molecule has 0 aliphatic carbocycles. The predicted octanol–water partition coefficient (Wildman–Crippen LogP) is 3.56. The lowest BCUT2D eigenvalue weighted by atomic mass is 9.88. The van der Waals surface area contributed by atoms with Gasteiger partial charge in [0.1, 0.15) is 5.82 Å². The highest BCUT2D eigenvalue weighted by Crippen LogP contribution is 2.35. The van der Waals surface area contributed by atoms with Crippen molar-refractivity contribution in [2.75, 3.05) is 6.54 Å². The molecule has 0 fully saturated rings. The van der Waals surface area contributed by atoms with Gasteiger partial charge in [-0.05, 0) is 24.6 Å². The highest BCUT2D eigenvalue weighted by Gasteiger charge is 2.26. The molecule has 0 aliphatic heterocycles. The topological polar surface area (TPSA) is 46.2 Å². The van der Waals surface area contributed by atoms with Crippen LogP contribution in [0.2, 0.25) is 5.02 Å². The molecule has 0 aliphatic rings. The van der Waals surface area contributed by atoms with E-state index in [0.29, 0.717) is 0 Å². The van der Waals surface area contributed by atoms with Gasteiger partial charge in [-0.25, -0.2) is 4.39 Å². The third-order valence-electron chi connectivity index (χ3n) is 3.40. The van der Waals surface area contributed by atoms with Crippen LogP contribution in [-0.2, 0) is 0 Å². The van der Waals surface area contributed by atoms with E-state index in [-0.39, 0.29) is 17.1 Å². The maximum atomic E-state index is 13.9. The highest BCUT2D eigenvalue weighted by atomic mass is 35.5. The second-order valence-corrected chi connectivity index (χ2v) is 5.24. The van der Waals surface area contributed by atoms with Crippen molar-refractivity contribution < 1.29 is 9.50 Å². The smallest absolute Gasteiger partial charge is 0.130 e. The Kier molecular flexibility index (Phi) is 4.76. The molecule has 0 heterocycles. The number of aliphatic hydroxyl groups excluding tert-OH is 1. The Morgan fingerprint density at radius 3 is 2.55 bits per heavy atom. The fourth-order valence-electron chi connectivity index (χ4n) is 2.34. The summed E-state index contributed by atoms with van der Waals surface area (Å²) in [7, 11) is 0. The number of aliphatic hydroxyl groups is 1. The van der Waals surface area contributed by atoms with Crippen LogP contribution in [0.5, 0.6) is 0 Å². The molecule has 2 aromatic carbocycles. The van der Waals surface area contributed by atoms with Crippen LogP contribution < -0.4 is 5.73 Å². The zero-order valence-electron chi connectivity index (χ0n) is 11.2. The summed E-state index contributed by atoms with van der Waals surface area (Å²) in [6.45, 7) is 2.16. The van der Waals surface area contributed by atoms with Gasteiger partial charge in [0, 0.05) is 23.0 Å². The molecule has 4 heteroatoms. The molecule has 20 heavy (non-hydrogen) atoms. The number of hydrogen-bond donors (Lipinski definition) is 2. The molecule has 0 saturated heterocycles. The lowest BCUT2D eigenvalue weighted by Gasteiger charge is -2.23. The molecule has 2 nitrogen and oxygen atoms in total. The van der Waals surface area contributed by atoms with E-state index in [1.807, 2.05) is 31.2 Å². The molecular weight excluding hydrogens is 277 g/mol. The molecule has 0 saturated carbocycles. The van der Waals surface area contributed by atoms with Gasteiger partial charge in [0.2, 0.25) is 0 Å². The first-order valence-corrected chi connectivity index (χ1v) is 6.81. The molecule has 0 radical (unpaired) electrons. The lowest BCUT2D eigenvalue weighted by molar-refractivity contribution is 0.143. The monoisotopic (exact) mass is 293 g/mol. The summed E-state index contributed by atoms with van der Waals surface area (Å²) in [6.07, 6.45) is -1.07. The Morgan fingerprint density at radius 1 is 1.25 bits per heavy atom. The van der Waals surface area contributed by atoms with Crippen LogP contribution in [0, 0.1) is 12.7 Å². The normalized spacial score (nSPS) is 14.1. The number of hydrogen-bond acceptors (Lipinski definition) is 2. The molecule has 0 spiro atoms. The Labute approximate surface area is 123 Å². The van der Waals surface area contributed by atoms with E-state index in [1.54, 1.807) is 6.07 Å². The van der Waals surface area contributed by atoms with Crippen LogP contribution in [0.15, 0.2) is 42.5 Å². The van der Waals surface area contributed by atoms with Crippen LogP contribution in [0.25, 0.3) is 0 Å². The fourth-order valence-corrected chi connectivity index (χ4v) is 2.62. The Bertz CT molecular complexity index is 583. The summed E-state index contributed by atoms with van der Waals surface area (Å²) in [5, 5.41) is 10.7. The average Bonchev–Trinajstić information content (AvgIpc) is 2.39. The maximum Gasteiger partial charge on any atom is 0.130 e. The third-order valence-corrected chi connectivity index (χ3v) is 3.73. The summed E-state index contributed by atoms with van der Waals surface area (Å²) in [5.74, 6) is -0.916. The van der Waals surface area contributed by atoms with Crippen molar-refractivity contribution in [2.45, 2.75) is 18.9 Å². The summed E-state index contributed by atoms with van der Waals surface area (Å²) >= 11 is 6.00. The van der Waals surface area contributed by atoms with E-state index in [4.69, 9.17) is 17.3 Å². The van der Waals surface area contributed by atoms with E-state index >= 15 is 0 Å². The third kappa shape index (κ3) is 3.01. The summed E-state index contributed by atoms with van der Waals surface area (Å²) in [5.41, 5.74) is 7.81. The van der Waals surface area contributed by atoms with E-state index < -0.39 is 17.8 Å². The van der Waals surface area contributed by atoms with Gasteiger partial charge in [0.15, 0.2) is 0 Å². The number of aryl methyl sites for hydroxylation is 1. The average molecular weight is 294 g/mol. The molecule has 2 unspecified atom stereocenters. The minimum atomic E-state index is -1.07. The Balaban J connectivity index is 2.41. The summed E-state index contributed by atoms with van der Waals surface area (Å²) in [6, 6.07) is 12.0. The van der Waals surface area contributed by atoms with Crippen LogP contribution in [0.1, 0.15) is 28.7 Å². The first-order valence-electron chi connectivity index (χ1n) is 6.43. The van der Waals surface area contributed by atoms with E-state index in [2.05, 4.69) is 0 Å².